The van der Waals surface area contributed by atoms with Gasteiger partial charge in [0.2, 0.25) is 0 Å². The molecule has 0 aliphatic carbocycles. The second-order valence-electron chi connectivity index (χ2n) is 3.71. The number of ether oxygens (including phenoxy) is 2. The summed E-state index contributed by atoms with van der Waals surface area (Å²) in [7, 11) is 3.10. The molecule has 0 aliphatic heterocycles. The standard InChI is InChI=1S/C12H13N3O3S/c1-7-11(19-15-14-7)12(16)13-8-4-5-9(17-2)10(6-8)18-3/h4-6H,1-3H3,(H,13,16). The van der Waals surface area contributed by atoms with Crippen molar-refractivity contribution in [1.82, 2.24) is 9.59 Å². The van der Waals surface area contributed by atoms with Gasteiger partial charge >= 0.3 is 0 Å². The van der Waals surface area contributed by atoms with Crippen LogP contribution in [0.4, 0.5) is 5.69 Å². The van der Waals surface area contributed by atoms with Crippen LogP contribution in [0.1, 0.15) is 15.4 Å². The molecule has 1 amide bonds. The predicted octanol–water partition coefficient (Wildman–Crippen LogP) is 2.12. The van der Waals surface area contributed by atoms with E-state index in [9.17, 15) is 4.79 Å². The molecule has 0 saturated heterocycles. The van der Waals surface area contributed by atoms with E-state index in [1.54, 1.807) is 39.3 Å². The van der Waals surface area contributed by atoms with Gasteiger partial charge in [-0.2, -0.15) is 0 Å². The molecule has 1 N–H and O–H groups in total. The predicted molar refractivity (Wildman–Crippen MR) is 72.1 cm³/mol. The summed E-state index contributed by atoms with van der Waals surface area (Å²) in [4.78, 5) is 12.5. The molecule has 100 valence electrons. The van der Waals surface area contributed by atoms with Crippen LogP contribution in [0.2, 0.25) is 0 Å². The van der Waals surface area contributed by atoms with Gasteiger partial charge in [-0.15, -0.1) is 5.10 Å². The summed E-state index contributed by atoms with van der Waals surface area (Å²) < 4.78 is 14.0. The van der Waals surface area contributed by atoms with Crippen LogP contribution in [0.15, 0.2) is 18.2 Å². The number of hydrogen-bond donors (Lipinski definition) is 1. The Hall–Kier alpha value is -2.15. The number of carbonyl (C=O) groups is 1. The molecule has 7 heteroatoms. The molecule has 0 atom stereocenters. The van der Waals surface area contributed by atoms with E-state index >= 15 is 0 Å². The molecule has 0 spiro atoms. The van der Waals surface area contributed by atoms with Gasteiger partial charge in [-0.3, -0.25) is 4.79 Å². The van der Waals surface area contributed by atoms with Crippen LogP contribution in [-0.2, 0) is 0 Å². The Balaban J connectivity index is 2.20. The summed E-state index contributed by atoms with van der Waals surface area (Å²) >= 11 is 1.07. The minimum absolute atomic E-state index is 0.236. The topological polar surface area (TPSA) is 73.3 Å². The molecule has 2 aromatic rings. The Bertz CT molecular complexity index is 598. The molecule has 1 aromatic heterocycles. The lowest BCUT2D eigenvalue weighted by Gasteiger charge is -2.10. The van der Waals surface area contributed by atoms with Crippen LogP contribution in [0.5, 0.6) is 11.5 Å². The molecule has 0 aliphatic rings. The van der Waals surface area contributed by atoms with Gasteiger partial charge < -0.3 is 14.8 Å². The summed E-state index contributed by atoms with van der Waals surface area (Å²) in [5.41, 5.74) is 1.23. The lowest BCUT2D eigenvalue weighted by molar-refractivity contribution is 0.103. The fraction of sp³-hybridized carbons (Fsp3) is 0.250. The first-order chi connectivity index (χ1) is 9.15. The summed E-state index contributed by atoms with van der Waals surface area (Å²) in [5, 5.41) is 6.57. The first-order valence-electron chi connectivity index (χ1n) is 5.48. The lowest BCUT2D eigenvalue weighted by Crippen LogP contribution is -2.11. The third-order valence-electron chi connectivity index (χ3n) is 2.50. The van der Waals surface area contributed by atoms with Crippen molar-refractivity contribution in [2.24, 2.45) is 0 Å². The number of amides is 1. The molecule has 0 bridgehead atoms. The van der Waals surface area contributed by atoms with Gasteiger partial charge in [-0.05, 0) is 30.6 Å². The number of nitrogens with one attached hydrogen (secondary N) is 1. The number of benzene rings is 1. The Morgan fingerprint density at radius 1 is 1.26 bits per heavy atom. The zero-order chi connectivity index (χ0) is 13.8. The molecule has 19 heavy (non-hydrogen) atoms. The van der Waals surface area contributed by atoms with E-state index in [4.69, 9.17) is 9.47 Å². The minimum atomic E-state index is -0.236. The van der Waals surface area contributed by atoms with Crippen LogP contribution < -0.4 is 14.8 Å². The van der Waals surface area contributed by atoms with Gasteiger partial charge in [-0.25, -0.2) is 0 Å². The molecule has 0 unspecified atom stereocenters. The summed E-state index contributed by atoms with van der Waals surface area (Å²) in [6.07, 6.45) is 0. The molecule has 0 radical (unpaired) electrons. The minimum Gasteiger partial charge on any atom is -0.493 e. The third-order valence-corrected chi connectivity index (χ3v) is 3.33. The van der Waals surface area contributed by atoms with Crippen molar-refractivity contribution in [2.75, 3.05) is 19.5 Å². The van der Waals surface area contributed by atoms with Gasteiger partial charge in [0.1, 0.15) is 4.88 Å². The van der Waals surface area contributed by atoms with Gasteiger partial charge in [-0.1, -0.05) is 4.49 Å². The van der Waals surface area contributed by atoms with Crippen molar-refractivity contribution >= 4 is 23.1 Å². The van der Waals surface area contributed by atoms with E-state index in [2.05, 4.69) is 14.9 Å². The first-order valence-corrected chi connectivity index (χ1v) is 6.25. The SMILES string of the molecule is COc1ccc(NC(=O)c2snnc2C)cc1OC. The van der Waals surface area contributed by atoms with Crippen molar-refractivity contribution in [3.63, 3.8) is 0 Å². The molecule has 1 heterocycles. The number of aryl methyl sites for hydroxylation is 1. The van der Waals surface area contributed by atoms with E-state index in [1.807, 2.05) is 0 Å². The normalized spacial score (nSPS) is 10.1. The Morgan fingerprint density at radius 3 is 2.58 bits per heavy atom. The monoisotopic (exact) mass is 279 g/mol. The van der Waals surface area contributed by atoms with Gasteiger partial charge in [0.05, 0.1) is 19.9 Å². The van der Waals surface area contributed by atoms with Crippen molar-refractivity contribution in [2.45, 2.75) is 6.92 Å². The molecule has 2 rings (SSSR count). The molecular weight excluding hydrogens is 266 g/mol. The van der Waals surface area contributed by atoms with E-state index in [1.165, 1.54) is 0 Å². The summed E-state index contributed by atoms with van der Waals surface area (Å²) in [6, 6.07) is 5.16. The maximum absolute atomic E-state index is 12.0. The molecular formula is C12H13N3O3S. The molecule has 0 fully saturated rings. The lowest BCUT2D eigenvalue weighted by atomic mass is 10.2. The van der Waals surface area contributed by atoms with Crippen molar-refractivity contribution in [1.29, 1.82) is 0 Å². The van der Waals surface area contributed by atoms with Crippen LogP contribution in [0.25, 0.3) is 0 Å². The van der Waals surface area contributed by atoms with Crippen molar-refractivity contribution in [3.05, 3.63) is 28.8 Å². The largest absolute Gasteiger partial charge is 0.493 e. The Labute approximate surface area is 114 Å². The Kier molecular flexibility index (Phi) is 3.96. The van der Waals surface area contributed by atoms with Crippen molar-refractivity contribution in [3.8, 4) is 11.5 Å². The summed E-state index contributed by atoms with van der Waals surface area (Å²) in [5.74, 6) is 0.926. The fourth-order valence-electron chi connectivity index (χ4n) is 1.54. The zero-order valence-electron chi connectivity index (χ0n) is 10.8. The average molecular weight is 279 g/mol. The van der Waals surface area contributed by atoms with Crippen LogP contribution in [0, 0.1) is 6.92 Å². The number of rotatable bonds is 4. The number of hydrogen-bond acceptors (Lipinski definition) is 6. The maximum atomic E-state index is 12.0. The third kappa shape index (κ3) is 2.82. The highest BCUT2D eigenvalue weighted by Gasteiger charge is 2.14. The van der Waals surface area contributed by atoms with E-state index in [0.717, 1.165) is 11.5 Å². The van der Waals surface area contributed by atoms with E-state index in [-0.39, 0.29) is 5.91 Å². The maximum Gasteiger partial charge on any atom is 0.269 e. The quantitative estimate of drug-likeness (QED) is 0.928. The second kappa shape index (κ2) is 5.66. The van der Waals surface area contributed by atoms with Gasteiger partial charge in [0.25, 0.3) is 5.91 Å². The smallest absolute Gasteiger partial charge is 0.269 e. The first kappa shape index (κ1) is 13.3. The van der Waals surface area contributed by atoms with Crippen molar-refractivity contribution < 1.29 is 14.3 Å². The van der Waals surface area contributed by atoms with E-state index < -0.39 is 0 Å². The Morgan fingerprint density at radius 2 is 2.00 bits per heavy atom. The zero-order valence-corrected chi connectivity index (χ0v) is 11.6. The highest BCUT2D eigenvalue weighted by atomic mass is 32.1. The van der Waals surface area contributed by atoms with Crippen LogP contribution in [-0.4, -0.2) is 29.7 Å². The molecule has 0 saturated carbocycles. The van der Waals surface area contributed by atoms with Gasteiger partial charge in [0.15, 0.2) is 11.5 Å². The number of methoxy groups -OCH3 is 2. The molecule has 1 aromatic carbocycles. The molecule has 6 nitrogen and oxygen atoms in total. The number of carbonyl (C=O) groups excluding carboxylic acids is 1. The highest BCUT2D eigenvalue weighted by Crippen LogP contribution is 2.30. The number of nitrogens with zero attached hydrogens (tertiary/aromatic N) is 2. The van der Waals surface area contributed by atoms with E-state index in [0.29, 0.717) is 27.8 Å². The highest BCUT2D eigenvalue weighted by molar-refractivity contribution is 7.08. The second-order valence-corrected chi connectivity index (χ2v) is 4.47. The average Bonchev–Trinajstić information content (AvgIpc) is 2.85. The fourth-order valence-corrected chi connectivity index (χ4v) is 2.09. The van der Waals surface area contributed by atoms with Crippen LogP contribution in [0.3, 0.4) is 0 Å². The van der Waals surface area contributed by atoms with Gasteiger partial charge in [0, 0.05) is 11.8 Å². The number of anilines is 1. The summed E-state index contributed by atoms with van der Waals surface area (Å²) in [6.45, 7) is 1.74. The van der Waals surface area contributed by atoms with Crippen LogP contribution >= 0.6 is 11.5 Å². The number of aromatic nitrogens is 2.